The van der Waals surface area contributed by atoms with Crippen molar-refractivity contribution in [3.05, 3.63) is 47.7 Å². The predicted octanol–water partition coefficient (Wildman–Crippen LogP) is 5.35. The van der Waals surface area contributed by atoms with Crippen LogP contribution in [0.5, 0.6) is 0 Å². The average Bonchev–Trinajstić information content (AvgIpc) is 2.99. The second-order valence-electron chi connectivity index (χ2n) is 8.14. The van der Waals surface area contributed by atoms with E-state index in [4.69, 9.17) is 10.7 Å². The van der Waals surface area contributed by atoms with Gasteiger partial charge in [0.2, 0.25) is 0 Å². The zero-order valence-corrected chi connectivity index (χ0v) is 20.2. The molecule has 0 aliphatic carbocycles. The van der Waals surface area contributed by atoms with Gasteiger partial charge in [-0.3, -0.25) is 0 Å². The molecule has 0 saturated heterocycles. The molecule has 3 N–H and O–H groups in total. The van der Waals surface area contributed by atoms with Crippen molar-refractivity contribution >= 4 is 29.4 Å². The summed E-state index contributed by atoms with van der Waals surface area (Å²) in [4.78, 5) is 5.00. The van der Waals surface area contributed by atoms with Gasteiger partial charge in [0.15, 0.2) is 9.62 Å². The van der Waals surface area contributed by atoms with Crippen molar-refractivity contribution in [2.24, 2.45) is 21.6 Å². The number of nitrogens with zero attached hydrogens (tertiary/aromatic N) is 3. The first-order valence-electron chi connectivity index (χ1n) is 10.9. The molecule has 0 saturated carbocycles. The van der Waals surface area contributed by atoms with Gasteiger partial charge in [-0.25, -0.2) is 4.99 Å². The van der Waals surface area contributed by atoms with Crippen molar-refractivity contribution in [1.82, 2.24) is 5.32 Å². The standard InChI is InChI=1S/C24H31N5S2/c1-4-6-13-30-24(31-14-7-5-2)22(16-25)15-18(3)28-20(19-11-9-8-10-12-19)23(22,17-26)21(27)29-24/h8-12,15,20,28H,4-7,13-14H2,1-3H3,(H2,27,29)/t20-,22+,23+/m0/s1. The summed E-state index contributed by atoms with van der Waals surface area (Å²) in [6.45, 7) is 6.27. The van der Waals surface area contributed by atoms with Crippen molar-refractivity contribution < 1.29 is 0 Å². The smallest absolute Gasteiger partial charge is 0.178 e. The molecule has 1 aromatic rings. The van der Waals surface area contributed by atoms with Crippen molar-refractivity contribution in [3.63, 3.8) is 0 Å². The third-order valence-electron chi connectivity index (χ3n) is 6.11. The van der Waals surface area contributed by atoms with Crippen LogP contribution in [-0.2, 0) is 0 Å². The number of rotatable bonds is 9. The summed E-state index contributed by atoms with van der Waals surface area (Å²) in [5.41, 5.74) is 5.98. The van der Waals surface area contributed by atoms with Crippen LogP contribution in [0.1, 0.15) is 58.1 Å². The molecule has 0 spiro atoms. The van der Waals surface area contributed by atoms with E-state index in [1.165, 1.54) is 0 Å². The number of hydrogen-bond acceptors (Lipinski definition) is 7. The molecule has 0 radical (unpaired) electrons. The Balaban J connectivity index is 2.23. The highest BCUT2D eigenvalue weighted by Crippen LogP contribution is 2.69. The molecule has 164 valence electrons. The van der Waals surface area contributed by atoms with Crippen LogP contribution in [0.25, 0.3) is 0 Å². The lowest BCUT2D eigenvalue weighted by atomic mass is 9.58. The number of nitrogens with one attached hydrogen (secondary N) is 1. The van der Waals surface area contributed by atoms with E-state index >= 15 is 0 Å². The van der Waals surface area contributed by atoms with E-state index < -0.39 is 21.1 Å². The fraction of sp³-hybridized carbons (Fsp3) is 0.542. The first-order chi connectivity index (χ1) is 15.0. The topological polar surface area (TPSA) is 98.0 Å². The van der Waals surface area contributed by atoms with Crippen molar-refractivity contribution in [2.45, 2.75) is 56.7 Å². The second kappa shape index (κ2) is 9.59. The first kappa shape index (κ1) is 23.6. The molecule has 7 heteroatoms. The summed E-state index contributed by atoms with van der Waals surface area (Å²) >= 11 is 3.36. The van der Waals surface area contributed by atoms with Crippen molar-refractivity contribution in [2.75, 3.05) is 11.5 Å². The monoisotopic (exact) mass is 453 g/mol. The third kappa shape index (κ3) is 3.62. The Kier molecular flexibility index (Phi) is 7.29. The molecule has 0 aromatic heterocycles. The van der Waals surface area contributed by atoms with Crippen LogP contribution in [0.3, 0.4) is 0 Å². The normalized spacial score (nSPS) is 28.5. The average molecular weight is 454 g/mol. The summed E-state index contributed by atoms with van der Waals surface area (Å²) in [5, 5.41) is 24.9. The zero-order valence-electron chi connectivity index (χ0n) is 18.5. The van der Waals surface area contributed by atoms with Crippen molar-refractivity contribution in [1.29, 1.82) is 10.5 Å². The fourth-order valence-corrected chi connectivity index (χ4v) is 8.06. The number of thioether (sulfide) groups is 2. The number of nitriles is 2. The summed E-state index contributed by atoms with van der Waals surface area (Å²) in [5.74, 6) is 2.00. The maximum absolute atomic E-state index is 10.8. The number of unbranched alkanes of at least 4 members (excludes halogenated alkanes) is 2. The number of aliphatic imine (C=N–C) groups is 1. The lowest BCUT2D eigenvalue weighted by Gasteiger charge is -2.49. The SMILES string of the molecule is CCCCSC1(SCCCC)N=C(N)[C@@]2(C#N)[C@H](c3ccccc3)NC(C)=C[C@]12C#N. The lowest BCUT2D eigenvalue weighted by molar-refractivity contribution is 0.218. The Morgan fingerprint density at radius 1 is 1.06 bits per heavy atom. The summed E-state index contributed by atoms with van der Waals surface area (Å²) < 4.78 is -0.845. The highest BCUT2D eigenvalue weighted by Gasteiger charge is 2.75. The Hall–Kier alpha value is -2.09. The first-order valence-corrected chi connectivity index (χ1v) is 12.9. The molecule has 0 fully saturated rings. The highest BCUT2D eigenvalue weighted by molar-refractivity contribution is 8.18. The molecule has 3 atom stereocenters. The van der Waals surface area contributed by atoms with Crippen LogP contribution in [-0.4, -0.2) is 21.5 Å². The largest absolute Gasteiger partial charge is 0.386 e. The minimum atomic E-state index is -1.29. The molecule has 3 rings (SSSR count). The van der Waals surface area contributed by atoms with Crippen LogP contribution in [0.4, 0.5) is 0 Å². The van der Waals surface area contributed by atoms with Gasteiger partial charge in [-0.05, 0) is 42.9 Å². The number of hydrogen-bond donors (Lipinski definition) is 2. The Bertz CT molecular complexity index is 920. The van der Waals surface area contributed by atoms with E-state index in [1.807, 2.05) is 43.3 Å². The van der Waals surface area contributed by atoms with E-state index in [-0.39, 0.29) is 5.84 Å². The van der Waals surface area contributed by atoms with Gasteiger partial charge in [0.1, 0.15) is 11.3 Å². The maximum atomic E-state index is 10.8. The number of allylic oxidation sites excluding steroid dienone is 1. The Morgan fingerprint density at radius 3 is 2.19 bits per heavy atom. The van der Waals surface area contributed by atoms with Crippen LogP contribution in [0, 0.1) is 33.5 Å². The number of amidine groups is 1. The number of benzene rings is 1. The van der Waals surface area contributed by atoms with Gasteiger partial charge in [0.25, 0.3) is 0 Å². The van der Waals surface area contributed by atoms with Gasteiger partial charge in [0, 0.05) is 5.70 Å². The number of fused-ring (bicyclic) bond motifs is 1. The molecule has 1 aromatic carbocycles. The molecule has 2 aliphatic rings. The predicted molar refractivity (Wildman–Crippen MR) is 131 cm³/mol. The molecule has 2 aliphatic heterocycles. The van der Waals surface area contributed by atoms with Gasteiger partial charge in [-0.15, -0.1) is 23.5 Å². The van der Waals surface area contributed by atoms with Gasteiger partial charge >= 0.3 is 0 Å². The van der Waals surface area contributed by atoms with Gasteiger partial charge < -0.3 is 11.1 Å². The van der Waals surface area contributed by atoms with Gasteiger partial charge in [-0.2, -0.15) is 10.5 Å². The van der Waals surface area contributed by atoms with Crippen molar-refractivity contribution in [3.8, 4) is 12.1 Å². The summed E-state index contributed by atoms with van der Waals surface area (Å²) in [7, 11) is 0. The highest BCUT2D eigenvalue weighted by atomic mass is 32.2. The van der Waals surface area contributed by atoms with E-state index in [2.05, 4.69) is 31.3 Å². The molecule has 31 heavy (non-hydrogen) atoms. The minimum Gasteiger partial charge on any atom is -0.386 e. The molecule has 2 heterocycles. The van der Waals surface area contributed by atoms with Crippen LogP contribution in [0.15, 0.2) is 47.1 Å². The number of nitrogens with two attached hydrogens (primary N) is 1. The third-order valence-corrected chi connectivity index (χ3v) is 9.41. The molecule has 0 bridgehead atoms. The maximum Gasteiger partial charge on any atom is 0.178 e. The van der Waals surface area contributed by atoms with Gasteiger partial charge in [-0.1, -0.05) is 57.0 Å². The second-order valence-corrected chi connectivity index (χ2v) is 11.0. The van der Waals surface area contributed by atoms with Crippen LogP contribution < -0.4 is 11.1 Å². The van der Waals surface area contributed by atoms with E-state index in [9.17, 15) is 10.5 Å². The lowest BCUT2D eigenvalue weighted by Crippen LogP contribution is -2.59. The molecule has 5 nitrogen and oxygen atoms in total. The minimum absolute atomic E-state index is 0.259. The Labute approximate surface area is 194 Å². The molecular weight excluding hydrogens is 422 g/mol. The molecule has 0 amide bonds. The Morgan fingerprint density at radius 2 is 1.68 bits per heavy atom. The van der Waals surface area contributed by atoms with Crippen LogP contribution >= 0.6 is 23.5 Å². The molecular formula is C24H31N5S2. The molecule has 0 unspecified atom stereocenters. The van der Waals surface area contributed by atoms with E-state index in [0.29, 0.717) is 0 Å². The summed E-state index contributed by atoms with van der Waals surface area (Å²) in [6, 6.07) is 14.5. The van der Waals surface area contributed by atoms with Crippen LogP contribution in [0.2, 0.25) is 0 Å². The van der Waals surface area contributed by atoms with E-state index in [1.54, 1.807) is 23.5 Å². The quantitative estimate of drug-likeness (QED) is 0.386. The van der Waals surface area contributed by atoms with Gasteiger partial charge in [0.05, 0.1) is 18.2 Å². The zero-order chi connectivity index (χ0) is 22.5. The summed E-state index contributed by atoms with van der Waals surface area (Å²) in [6.07, 6.45) is 6.11. The fourth-order valence-electron chi connectivity index (χ4n) is 4.49. The van der Waals surface area contributed by atoms with E-state index in [0.717, 1.165) is 48.4 Å².